The molecule has 106 valence electrons. The molecule has 0 aliphatic rings. The van der Waals surface area contributed by atoms with E-state index in [-0.39, 0.29) is 0 Å². The van der Waals surface area contributed by atoms with Crippen molar-refractivity contribution in [1.82, 2.24) is 19.5 Å². The molecular formula is C15H16N6. The van der Waals surface area contributed by atoms with E-state index in [0.717, 1.165) is 6.54 Å². The van der Waals surface area contributed by atoms with Crippen LogP contribution in [-0.2, 0) is 6.54 Å². The van der Waals surface area contributed by atoms with Crippen molar-refractivity contribution in [1.29, 1.82) is 0 Å². The molecule has 0 radical (unpaired) electrons. The second-order valence-corrected chi connectivity index (χ2v) is 4.75. The second-order valence-electron chi connectivity index (χ2n) is 4.75. The van der Waals surface area contributed by atoms with Crippen molar-refractivity contribution in [2.75, 3.05) is 17.7 Å². The Morgan fingerprint density at radius 3 is 2.71 bits per heavy atom. The van der Waals surface area contributed by atoms with Gasteiger partial charge < -0.3 is 10.6 Å². The number of nitrogens with zero attached hydrogens (tertiary/aromatic N) is 5. The minimum absolute atomic E-state index is 0.536. The van der Waals surface area contributed by atoms with Crippen molar-refractivity contribution < 1.29 is 0 Å². The van der Waals surface area contributed by atoms with Crippen LogP contribution in [0.5, 0.6) is 0 Å². The molecule has 0 amide bonds. The van der Waals surface area contributed by atoms with E-state index in [2.05, 4.69) is 27.1 Å². The van der Waals surface area contributed by atoms with Gasteiger partial charge in [-0.3, -0.25) is 4.57 Å². The van der Waals surface area contributed by atoms with Gasteiger partial charge in [0.15, 0.2) is 11.6 Å². The van der Waals surface area contributed by atoms with Crippen LogP contribution in [0.2, 0.25) is 0 Å². The number of anilines is 2. The summed E-state index contributed by atoms with van der Waals surface area (Å²) in [7, 11) is 1.96. The quantitative estimate of drug-likeness (QED) is 0.790. The number of benzene rings is 1. The molecule has 0 aliphatic heterocycles. The maximum atomic E-state index is 6.21. The summed E-state index contributed by atoms with van der Waals surface area (Å²) in [5, 5.41) is 0. The summed E-state index contributed by atoms with van der Waals surface area (Å²) in [6.45, 7) is 0.728. The van der Waals surface area contributed by atoms with Crippen molar-refractivity contribution >= 4 is 11.5 Å². The van der Waals surface area contributed by atoms with E-state index in [1.165, 1.54) is 11.9 Å². The number of nitrogens with two attached hydrogens (primary N) is 1. The van der Waals surface area contributed by atoms with Crippen LogP contribution in [0.4, 0.5) is 11.5 Å². The van der Waals surface area contributed by atoms with Crippen LogP contribution in [0.15, 0.2) is 55.4 Å². The number of imidazole rings is 1. The van der Waals surface area contributed by atoms with E-state index >= 15 is 0 Å². The number of hydrogen-bond acceptors (Lipinski definition) is 5. The van der Waals surface area contributed by atoms with Crippen LogP contribution in [-0.4, -0.2) is 26.6 Å². The normalized spacial score (nSPS) is 10.5. The molecule has 6 heteroatoms. The van der Waals surface area contributed by atoms with E-state index in [0.29, 0.717) is 17.3 Å². The summed E-state index contributed by atoms with van der Waals surface area (Å²) < 4.78 is 1.77. The molecule has 0 aliphatic carbocycles. The molecule has 2 N–H and O–H groups in total. The smallest absolute Gasteiger partial charge is 0.166 e. The second kappa shape index (κ2) is 5.62. The van der Waals surface area contributed by atoms with Crippen molar-refractivity contribution in [2.24, 2.45) is 0 Å². The molecule has 0 unspecified atom stereocenters. The summed E-state index contributed by atoms with van der Waals surface area (Å²) in [6, 6.07) is 10.2. The zero-order chi connectivity index (χ0) is 14.7. The maximum absolute atomic E-state index is 6.21. The Morgan fingerprint density at radius 1 is 1.19 bits per heavy atom. The molecule has 3 aromatic rings. The number of aromatic nitrogens is 4. The predicted octanol–water partition coefficient (Wildman–Crippen LogP) is 1.88. The largest absolute Gasteiger partial charge is 0.393 e. The highest BCUT2D eigenvalue weighted by Gasteiger charge is 2.13. The molecule has 3 rings (SSSR count). The van der Waals surface area contributed by atoms with Crippen molar-refractivity contribution in [3.05, 3.63) is 60.9 Å². The van der Waals surface area contributed by atoms with Gasteiger partial charge in [-0.05, 0) is 5.56 Å². The van der Waals surface area contributed by atoms with Gasteiger partial charge in [0.05, 0.1) is 0 Å². The highest BCUT2D eigenvalue weighted by atomic mass is 15.2. The lowest BCUT2D eigenvalue weighted by Crippen LogP contribution is -2.20. The fourth-order valence-electron chi connectivity index (χ4n) is 2.20. The van der Waals surface area contributed by atoms with Gasteiger partial charge in [-0.1, -0.05) is 30.3 Å². The molecule has 0 bridgehead atoms. The van der Waals surface area contributed by atoms with Crippen LogP contribution >= 0.6 is 0 Å². The third-order valence-corrected chi connectivity index (χ3v) is 3.21. The lowest BCUT2D eigenvalue weighted by atomic mass is 10.2. The lowest BCUT2D eigenvalue weighted by molar-refractivity contribution is 0.882. The molecule has 0 saturated carbocycles. The minimum atomic E-state index is 0.536. The SMILES string of the molecule is CN(Cc1ccccc1)c1ncnc(-n2ccnc2)c1N. The Morgan fingerprint density at radius 2 is 2.00 bits per heavy atom. The lowest BCUT2D eigenvalue weighted by Gasteiger charge is -2.20. The fourth-order valence-corrected chi connectivity index (χ4v) is 2.20. The van der Waals surface area contributed by atoms with Crippen LogP contribution in [0.25, 0.3) is 5.82 Å². The first kappa shape index (κ1) is 13.1. The van der Waals surface area contributed by atoms with E-state index in [4.69, 9.17) is 5.73 Å². The Balaban J connectivity index is 1.90. The third kappa shape index (κ3) is 2.69. The zero-order valence-corrected chi connectivity index (χ0v) is 11.7. The van der Waals surface area contributed by atoms with Crippen molar-refractivity contribution in [3.8, 4) is 5.82 Å². The minimum Gasteiger partial charge on any atom is -0.393 e. The topological polar surface area (TPSA) is 72.9 Å². The number of nitrogen functional groups attached to an aromatic ring is 1. The van der Waals surface area contributed by atoms with Gasteiger partial charge in [0, 0.05) is 26.0 Å². The highest BCUT2D eigenvalue weighted by Crippen LogP contribution is 2.25. The Hall–Kier alpha value is -2.89. The Kier molecular flexibility index (Phi) is 3.51. The van der Waals surface area contributed by atoms with E-state index < -0.39 is 0 Å². The molecule has 6 nitrogen and oxygen atoms in total. The summed E-state index contributed by atoms with van der Waals surface area (Å²) in [4.78, 5) is 14.6. The molecule has 2 aromatic heterocycles. The molecule has 21 heavy (non-hydrogen) atoms. The van der Waals surface area contributed by atoms with Gasteiger partial charge in [0.2, 0.25) is 0 Å². The summed E-state index contributed by atoms with van der Waals surface area (Å²) in [6.07, 6.45) is 6.68. The van der Waals surface area contributed by atoms with Gasteiger partial charge in [0.25, 0.3) is 0 Å². The maximum Gasteiger partial charge on any atom is 0.166 e. The first-order valence-electron chi connectivity index (χ1n) is 6.59. The van der Waals surface area contributed by atoms with Gasteiger partial charge in [0.1, 0.15) is 18.3 Å². The van der Waals surface area contributed by atoms with Crippen LogP contribution in [0.1, 0.15) is 5.56 Å². The Bertz CT molecular complexity index is 708. The van der Waals surface area contributed by atoms with Gasteiger partial charge in [-0.15, -0.1) is 0 Å². The molecule has 1 aromatic carbocycles. The van der Waals surface area contributed by atoms with E-state index in [1.54, 1.807) is 23.3 Å². The standard InChI is InChI=1S/C15H16N6/c1-20(9-12-5-3-2-4-6-12)14-13(16)15(19-10-18-14)21-8-7-17-11-21/h2-8,10-11H,9,16H2,1H3. The van der Waals surface area contributed by atoms with Crippen LogP contribution < -0.4 is 10.6 Å². The molecule has 0 spiro atoms. The average molecular weight is 280 g/mol. The predicted molar refractivity (Wildman–Crippen MR) is 82.1 cm³/mol. The zero-order valence-electron chi connectivity index (χ0n) is 11.7. The molecule has 0 atom stereocenters. The summed E-state index contributed by atoms with van der Waals surface area (Å²) in [5.74, 6) is 1.34. The Labute approximate surface area is 122 Å². The molecule has 0 saturated heterocycles. The van der Waals surface area contributed by atoms with Gasteiger partial charge in [-0.25, -0.2) is 15.0 Å². The van der Waals surface area contributed by atoms with Gasteiger partial charge in [-0.2, -0.15) is 0 Å². The van der Waals surface area contributed by atoms with Crippen LogP contribution in [0, 0.1) is 0 Å². The molecule has 0 fully saturated rings. The first-order valence-corrected chi connectivity index (χ1v) is 6.59. The first-order chi connectivity index (χ1) is 10.3. The monoisotopic (exact) mass is 280 g/mol. The van der Waals surface area contributed by atoms with E-state index in [9.17, 15) is 0 Å². The fraction of sp³-hybridized carbons (Fsp3) is 0.133. The summed E-state index contributed by atoms with van der Waals surface area (Å²) >= 11 is 0. The molecular weight excluding hydrogens is 264 g/mol. The van der Waals surface area contributed by atoms with Gasteiger partial charge >= 0.3 is 0 Å². The van der Waals surface area contributed by atoms with Crippen molar-refractivity contribution in [3.63, 3.8) is 0 Å². The third-order valence-electron chi connectivity index (χ3n) is 3.21. The number of hydrogen-bond donors (Lipinski definition) is 1. The van der Waals surface area contributed by atoms with Crippen molar-refractivity contribution in [2.45, 2.75) is 6.54 Å². The number of rotatable bonds is 4. The average Bonchev–Trinajstić information content (AvgIpc) is 3.02. The van der Waals surface area contributed by atoms with E-state index in [1.807, 2.05) is 30.1 Å². The molecule has 2 heterocycles. The summed E-state index contributed by atoms with van der Waals surface area (Å²) in [5.41, 5.74) is 7.95. The van der Waals surface area contributed by atoms with Crippen LogP contribution in [0.3, 0.4) is 0 Å². The highest BCUT2D eigenvalue weighted by molar-refractivity contribution is 5.70.